The summed E-state index contributed by atoms with van der Waals surface area (Å²) in [7, 11) is 1.82. The van der Waals surface area contributed by atoms with Gasteiger partial charge in [0.25, 0.3) is 0 Å². The van der Waals surface area contributed by atoms with Gasteiger partial charge in [0.2, 0.25) is 0 Å². The van der Waals surface area contributed by atoms with Crippen molar-refractivity contribution in [2.24, 2.45) is 4.99 Å². The Balaban J connectivity index is 0.00000280. The first-order chi connectivity index (χ1) is 13.3. The first-order valence-electron chi connectivity index (χ1n) is 9.92. The van der Waals surface area contributed by atoms with Crippen LogP contribution in [0.25, 0.3) is 0 Å². The van der Waals surface area contributed by atoms with Gasteiger partial charge in [-0.15, -0.1) is 24.0 Å². The van der Waals surface area contributed by atoms with Crippen molar-refractivity contribution >= 4 is 41.7 Å². The van der Waals surface area contributed by atoms with E-state index in [9.17, 15) is 0 Å². The minimum absolute atomic E-state index is 0. The summed E-state index contributed by atoms with van der Waals surface area (Å²) in [5.74, 6) is 3.08. The van der Waals surface area contributed by atoms with Crippen LogP contribution in [0.5, 0.6) is 5.75 Å². The average molecular weight is 520 g/mol. The van der Waals surface area contributed by atoms with Gasteiger partial charge in [0.1, 0.15) is 12.4 Å². The predicted molar refractivity (Wildman–Crippen MR) is 128 cm³/mol. The summed E-state index contributed by atoms with van der Waals surface area (Å²) >= 11 is 2.06. The molecule has 1 aromatic rings. The van der Waals surface area contributed by atoms with Gasteiger partial charge in [0.15, 0.2) is 5.96 Å². The van der Waals surface area contributed by atoms with Gasteiger partial charge in [-0.3, -0.25) is 9.89 Å². The Hall–Kier alpha value is -0.710. The van der Waals surface area contributed by atoms with Crippen molar-refractivity contribution in [1.29, 1.82) is 0 Å². The van der Waals surface area contributed by atoms with Crippen molar-refractivity contribution in [3.8, 4) is 5.75 Å². The summed E-state index contributed by atoms with van der Waals surface area (Å²) in [4.78, 5) is 6.73. The Labute approximate surface area is 190 Å². The van der Waals surface area contributed by atoms with Crippen LogP contribution in [0.1, 0.15) is 18.4 Å². The number of benzene rings is 1. The predicted octanol–water partition coefficient (Wildman–Crippen LogP) is 2.58. The van der Waals surface area contributed by atoms with Gasteiger partial charge < -0.3 is 20.1 Å². The van der Waals surface area contributed by atoms with E-state index in [-0.39, 0.29) is 24.0 Å². The fourth-order valence-electron chi connectivity index (χ4n) is 3.32. The Morgan fingerprint density at radius 2 is 2.11 bits per heavy atom. The van der Waals surface area contributed by atoms with Crippen LogP contribution in [0.15, 0.2) is 29.3 Å². The van der Waals surface area contributed by atoms with Crippen molar-refractivity contribution in [2.45, 2.75) is 24.6 Å². The molecule has 0 spiro atoms. The maximum Gasteiger partial charge on any atom is 0.191 e. The number of nitrogens with zero attached hydrogens (tertiary/aromatic N) is 2. The normalized spacial score (nSPS) is 20.5. The van der Waals surface area contributed by atoms with E-state index in [1.54, 1.807) is 0 Å². The molecule has 2 aliphatic heterocycles. The monoisotopic (exact) mass is 520 g/mol. The molecule has 0 amide bonds. The number of hydrogen-bond acceptors (Lipinski definition) is 5. The van der Waals surface area contributed by atoms with Crippen LogP contribution >= 0.6 is 35.7 Å². The SMILES string of the molecule is CN=C(NCc1ccccc1OCCN1CCOCC1)NCC1CCCS1.I. The second-order valence-electron chi connectivity index (χ2n) is 6.85. The minimum Gasteiger partial charge on any atom is -0.492 e. The summed E-state index contributed by atoms with van der Waals surface area (Å²) in [5.41, 5.74) is 1.15. The topological polar surface area (TPSA) is 58.1 Å². The molecule has 2 saturated heterocycles. The highest BCUT2D eigenvalue weighted by atomic mass is 127. The Kier molecular flexibility index (Phi) is 11.4. The minimum atomic E-state index is 0. The van der Waals surface area contributed by atoms with E-state index in [2.05, 4.69) is 44.4 Å². The van der Waals surface area contributed by atoms with E-state index in [0.717, 1.165) is 56.7 Å². The quantitative estimate of drug-likeness (QED) is 0.312. The Morgan fingerprint density at radius 1 is 1.29 bits per heavy atom. The molecular formula is C20H33IN4O2S. The zero-order chi connectivity index (χ0) is 18.7. The summed E-state index contributed by atoms with van der Waals surface area (Å²) in [6.07, 6.45) is 2.63. The Morgan fingerprint density at radius 3 is 2.86 bits per heavy atom. The molecule has 2 N–H and O–H groups in total. The molecule has 2 fully saturated rings. The molecule has 0 aliphatic carbocycles. The summed E-state index contributed by atoms with van der Waals surface area (Å²) in [6.45, 7) is 6.95. The van der Waals surface area contributed by atoms with Crippen LogP contribution < -0.4 is 15.4 Å². The number of aliphatic imine (C=N–C) groups is 1. The van der Waals surface area contributed by atoms with Gasteiger partial charge in [0, 0.05) is 50.6 Å². The van der Waals surface area contributed by atoms with E-state index < -0.39 is 0 Å². The summed E-state index contributed by atoms with van der Waals surface area (Å²) in [6, 6.07) is 8.23. The number of para-hydroxylation sites is 1. The number of rotatable bonds is 8. The molecule has 0 saturated carbocycles. The third-order valence-electron chi connectivity index (χ3n) is 4.93. The van der Waals surface area contributed by atoms with Gasteiger partial charge in [-0.25, -0.2) is 0 Å². The largest absolute Gasteiger partial charge is 0.492 e. The summed E-state index contributed by atoms with van der Waals surface area (Å²) in [5, 5.41) is 7.57. The lowest BCUT2D eigenvalue weighted by molar-refractivity contribution is 0.0322. The standard InChI is InChI=1S/C20H32N4O2S.HI/c1-21-20(23-16-18-6-4-14-27-18)22-15-17-5-2-3-7-19(17)26-13-10-24-8-11-25-12-9-24;/h2-3,5,7,18H,4,6,8-16H2,1H3,(H2,21,22,23);1H. The van der Waals surface area contributed by atoms with Crippen LogP contribution in [-0.4, -0.2) is 74.9 Å². The van der Waals surface area contributed by atoms with Gasteiger partial charge in [-0.1, -0.05) is 18.2 Å². The number of ether oxygens (including phenoxy) is 2. The average Bonchev–Trinajstić information content (AvgIpc) is 3.23. The molecule has 0 radical (unpaired) electrons. The van der Waals surface area contributed by atoms with E-state index in [1.807, 2.05) is 19.2 Å². The first-order valence-corrected chi connectivity index (χ1v) is 11.0. The maximum atomic E-state index is 6.06. The van der Waals surface area contributed by atoms with Gasteiger partial charge in [-0.05, 0) is 24.7 Å². The molecule has 3 rings (SSSR count). The lowest BCUT2D eigenvalue weighted by Crippen LogP contribution is -2.40. The molecular weight excluding hydrogens is 487 g/mol. The second kappa shape index (κ2) is 13.5. The number of guanidine groups is 1. The highest BCUT2D eigenvalue weighted by molar-refractivity contribution is 14.0. The van der Waals surface area contributed by atoms with Crippen LogP contribution in [0.2, 0.25) is 0 Å². The van der Waals surface area contributed by atoms with Gasteiger partial charge >= 0.3 is 0 Å². The molecule has 28 heavy (non-hydrogen) atoms. The molecule has 1 unspecified atom stereocenters. The third-order valence-corrected chi connectivity index (χ3v) is 6.33. The molecule has 1 aromatic carbocycles. The Bertz CT molecular complexity index is 593. The molecule has 2 aliphatic rings. The number of nitrogens with one attached hydrogen (secondary N) is 2. The summed E-state index contributed by atoms with van der Waals surface area (Å²) < 4.78 is 11.5. The molecule has 2 heterocycles. The highest BCUT2D eigenvalue weighted by Gasteiger charge is 2.15. The van der Waals surface area contributed by atoms with Crippen molar-refractivity contribution in [3.05, 3.63) is 29.8 Å². The van der Waals surface area contributed by atoms with E-state index in [0.29, 0.717) is 18.4 Å². The van der Waals surface area contributed by atoms with E-state index >= 15 is 0 Å². The number of morpholine rings is 1. The third kappa shape index (κ3) is 7.96. The van der Waals surface area contributed by atoms with E-state index in [4.69, 9.17) is 9.47 Å². The van der Waals surface area contributed by atoms with E-state index in [1.165, 1.54) is 18.6 Å². The zero-order valence-electron chi connectivity index (χ0n) is 16.7. The fraction of sp³-hybridized carbons (Fsp3) is 0.650. The zero-order valence-corrected chi connectivity index (χ0v) is 19.8. The smallest absolute Gasteiger partial charge is 0.191 e. The van der Waals surface area contributed by atoms with Crippen molar-refractivity contribution < 1.29 is 9.47 Å². The molecule has 0 bridgehead atoms. The molecule has 1 atom stereocenters. The first kappa shape index (κ1) is 23.6. The van der Waals surface area contributed by atoms with Crippen LogP contribution in [0.3, 0.4) is 0 Å². The highest BCUT2D eigenvalue weighted by Crippen LogP contribution is 2.25. The molecule has 6 nitrogen and oxygen atoms in total. The van der Waals surface area contributed by atoms with Gasteiger partial charge in [0.05, 0.1) is 13.2 Å². The molecule has 158 valence electrons. The maximum absolute atomic E-state index is 6.06. The molecule has 0 aromatic heterocycles. The lowest BCUT2D eigenvalue weighted by Gasteiger charge is -2.26. The van der Waals surface area contributed by atoms with Crippen molar-refractivity contribution in [3.63, 3.8) is 0 Å². The second-order valence-corrected chi connectivity index (χ2v) is 8.26. The van der Waals surface area contributed by atoms with Crippen molar-refractivity contribution in [1.82, 2.24) is 15.5 Å². The van der Waals surface area contributed by atoms with Crippen LogP contribution in [-0.2, 0) is 11.3 Å². The van der Waals surface area contributed by atoms with Crippen LogP contribution in [0, 0.1) is 0 Å². The number of thioether (sulfide) groups is 1. The number of halogens is 1. The lowest BCUT2D eigenvalue weighted by atomic mass is 10.2. The van der Waals surface area contributed by atoms with Crippen molar-refractivity contribution in [2.75, 3.05) is 58.8 Å². The number of hydrogen-bond donors (Lipinski definition) is 2. The van der Waals surface area contributed by atoms with Gasteiger partial charge in [-0.2, -0.15) is 11.8 Å². The molecule has 8 heteroatoms. The fourth-order valence-corrected chi connectivity index (χ4v) is 4.52. The van der Waals surface area contributed by atoms with Crippen LogP contribution in [0.4, 0.5) is 0 Å².